The Morgan fingerprint density at radius 1 is 1.30 bits per heavy atom. The minimum absolute atomic E-state index is 0.821. The molecule has 0 saturated heterocycles. The molecule has 0 amide bonds. The van der Waals surface area contributed by atoms with E-state index in [9.17, 15) is 0 Å². The maximum Gasteiger partial charge on any atom is 0.137 e. The zero-order valence-electron chi connectivity index (χ0n) is 12.3. The Balaban J connectivity index is 2.03. The molecule has 20 heavy (non-hydrogen) atoms. The Kier molecular flexibility index (Phi) is 5.62. The largest absolute Gasteiger partial charge is 0.496 e. The lowest BCUT2D eigenvalue weighted by Gasteiger charge is -2.11. The molecule has 108 valence electrons. The third-order valence-corrected chi connectivity index (χ3v) is 3.32. The number of H-pyrrole nitrogens is 1. The van der Waals surface area contributed by atoms with Crippen LogP contribution in [0.4, 0.5) is 0 Å². The van der Waals surface area contributed by atoms with Gasteiger partial charge in [-0.1, -0.05) is 19.8 Å². The van der Waals surface area contributed by atoms with Crippen LogP contribution in [-0.4, -0.2) is 23.6 Å². The number of imidazole rings is 1. The van der Waals surface area contributed by atoms with E-state index < -0.39 is 0 Å². The average molecular weight is 273 g/mol. The lowest BCUT2D eigenvalue weighted by atomic mass is 10.1. The maximum absolute atomic E-state index is 5.43. The quantitative estimate of drug-likeness (QED) is 0.725. The third kappa shape index (κ3) is 3.84. The van der Waals surface area contributed by atoms with Crippen LogP contribution in [0, 0.1) is 0 Å². The number of rotatable bonds is 8. The summed E-state index contributed by atoms with van der Waals surface area (Å²) in [6.07, 6.45) is 7.34. The van der Waals surface area contributed by atoms with Crippen molar-refractivity contribution in [2.24, 2.45) is 0 Å². The van der Waals surface area contributed by atoms with Crippen molar-refractivity contribution in [1.82, 2.24) is 15.3 Å². The van der Waals surface area contributed by atoms with Gasteiger partial charge in [0.15, 0.2) is 0 Å². The van der Waals surface area contributed by atoms with Gasteiger partial charge in [-0.2, -0.15) is 0 Å². The van der Waals surface area contributed by atoms with Crippen LogP contribution in [-0.2, 0) is 6.54 Å². The highest BCUT2D eigenvalue weighted by atomic mass is 16.5. The van der Waals surface area contributed by atoms with E-state index in [1.54, 1.807) is 13.3 Å². The van der Waals surface area contributed by atoms with Crippen molar-refractivity contribution >= 4 is 0 Å². The van der Waals surface area contributed by atoms with E-state index >= 15 is 0 Å². The second kappa shape index (κ2) is 7.70. The molecule has 1 aromatic heterocycles. The van der Waals surface area contributed by atoms with Gasteiger partial charge in [0.2, 0.25) is 0 Å². The van der Waals surface area contributed by atoms with Gasteiger partial charge in [-0.15, -0.1) is 0 Å². The Morgan fingerprint density at radius 3 is 2.90 bits per heavy atom. The molecule has 0 aliphatic heterocycles. The summed E-state index contributed by atoms with van der Waals surface area (Å²) in [7, 11) is 1.71. The third-order valence-electron chi connectivity index (χ3n) is 3.32. The highest BCUT2D eigenvalue weighted by Crippen LogP contribution is 2.24. The minimum atomic E-state index is 0.821. The fraction of sp³-hybridized carbons (Fsp3) is 0.438. The van der Waals surface area contributed by atoms with Gasteiger partial charge in [-0.25, -0.2) is 4.98 Å². The highest BCUT2D eigenvalue weighted by molar-refractivity contribution is 5.58. The van der Waals surface area contributed by atoms with Gasteiger partial charge >= 0.3 is 0 Å². The van der Waals surface area contributed by atoms with Crippen LogP contribution in [0.2, 0.25) is 0 Å². The second-order valence-corrected chi connectivity index (χ2v) is 4.85. The van der Waals surface area contributed by atoms with E-state index in [1.165, 1.54) is 19.3 Å². The van der Waals surface area contributed by atoms with Gasteiger partial charge in [0, 0.05) is 30.1 Å². The van der Waals surface area contributed by atoms with Crippen molar-refractivity contribution in [2.75, 3.05) is 13.7 Å². The van der Waals surface area contributed by atoms with Gasteiger partial charge < -0.3 is 15.0 Å². The Morgan fingerprint density at radius 2 is 2.20 bits per heavy atom. The first-order chi connectivity index (χ1) is 9.85. The fourth-order valence-corrected chi connectivity index (χ4v) is 2.21. The van der Waals surface area contributed by atoms with Crippen LogP contribution in [0.15, 0.2) is 30.6 Å². The number of benzene rings is 1. The van der Waals surface area contributed by atoms with Gasteiger partial charge in [0.1, 0.15) is 11.6 Å². The van der Waals surface area contributed by atoms with Gasteiger partial charge in [0.25, 0.3) is 0 Å². The second-order valence-electron chi connectivity index (χ2n) is 4.85. The zero-order valence-corrected chi connectivity index (χ0v) is 12.3. The molecule has 0 fully saturated rings. The summed E-state index contributed by atoms with van der Waals surface area (Å²) in [6, 6.07) is 6.16. The molecule has 4 heteroatoms. The molecule has 1 aromatic carbocycles. The molecule has 0 aliphatic carbocycles. The molecule has 0 saturated carbocycles. The molecular weight excluding hydrogens is 250 g/mol. The smallest absolute Gasteiger partial charge is 0.137 e. The first kappa shape index (κ1) is 14.6. The van der Waals surface area contributed by atoms with Crippen molar-refractivity contribution in [3.63, 3.8) is 0 Å². The van der Waals surface area contributed by atoms with Gasteiger partial charge in [-0.05, 0) is 31.2 Å². The first-order valence-corrected chi connectivity index (χ1v) is 7.22. The number of aromatic nitrogens is 2. The molecule has 2 N–H and O–H groups in total. The Labute approximate surface area is 120 Å². The van der Waals surface area contributed by atoms with Crippen LogP contribution in [0.5, 0.6) is 5.75 Å². The summed E-state index contributed by atoms with van der Waals surface area (Å²) in [5.74, 6) is 1.81. The van der Waals surface area contributed by atoms with Crippen molar-refractivity contribution in [3.05, 3.63) is 36.2 Å². The summed E-state index contributed by atoms with van der Waals surface area (Å²) in [6.45, 7) is 4.08. The van der Waals surface area contributed by atoms with Crippen LogP contribution >= 0.6 is 0 Å². The number of nitrogens with zero attached hydrogens (tertiary/aromatic N) is 1. The van der Waals surface area contributed by atoms with Crippen molar-refractivity contribution in [1.29, 1.82) is 0 Å². The maximum atomic E-state index is 5.43. The van der Waals surface area contributed by atoms with E-state index in [4.69, 9.17) is 4.74 Å². The lowest BCUT2D eigenvalue weighted by Crippen LogP contribution is -2.15. The summed E-state index contributed by atoms with van der Waals surface area (Å²) in [5, 5.41) is 3.47. The number of methoxy groups -OCH3 is 1. The Hall–Kier alpha value is -1.81. The number of unbranched alkanes of at least 4 members (excludes halogenated alkanes) is 2. The van der Waals surface area contributed by atoms with E-state index in [0.717, 1.165) is 35.8 Å². The molecule has 0 radical (unpaired) electrons. The highest BCUT2D eigenvalue weighted by Gasteiger charge is 2.07. The number of ether oxygens (including phenoxy) is 1. The van der Waals surface area contributed by atoms with E-state index in [-0.39, 0.29) is 0 Å². The number of hydrogen-bond acceptors (Lipinski definition) is 3. The number of nitrogens with one attached hydrogen (secondary N) is 2. The molecule has 1 heterocycles. The minimum Gasteiger partial charge on any atom is -0.496 e. The molecule has 4 nitrogen and oxygen atoms in total. The molecule has 2 rings (SSSR count). The predicted octanol–water partition coefficient (Wildman–Crippen LogP) is 3.37. The Bertz CT molecular complexity index is 508. The summed E-state index contributed by atoms with van der Waals surface area (Å²) >= 11 is 0. The topological polar surface area (TPSA) is 49.9 Å². The van der Waals surface area contributed by atoms with Crippen LogP contribution in [0.25, 0.3) is 11.4 Å². The lowest BCUT2D eigenvalue weighted by molar-refractivity contribution is 0.407. The fourth-order valence-electron chi connectivity index (χ4n) is 2.21. The standard InChI is InChI=1S/C16H23N3O/c1-3-4-5-8-17-12-14-11-13(6-7-15(14)20-2)16-18-9-10-19-16/h6-7,9-11,17H,3-5,8,12H2,1-2H3,(H,18,19). The number of aromatic amines is 1. The summed E-state index contributed by atoms with van der Waals surface area (Å²) in [4.78, 5) is 7.42. The first-order valence-electron chi connectivity index (χ1n) is 7.22. The van der Waals surface area contributed by atoms with Crippen LogP contribution in [0.3, 0.4) is 0 Å². The molecule has 0 atom stereocenters. The molecule has 0 bridgehead atoms. The molecular formula is C16H23N3O. The predicted molar refractivity (Wildman–Crippen MR) is 81.8 cm³/mol. The van der Waals surface area contributed by atoms with Crippen LogP contribution < -0.4 is 10.1 Å². The van der Waals surface area contributed by atoms with Gasteiger partial charge in [0.05, 0.1) is 7.11 Å². The van der Waals surface area contributed by atoms with Crippen molar-refractivity contribution < 1.29 is 4.74 Å². The molecule has 0 aliphatic rings. The van der Waals surface area contributed by atoms with E-state index in [0.29, 0.717) is 0 Å². The monoisotopic (exact) mass is 273 g/mol. The van der Waals surface area contributed by atoms with Gasteiger partial charge in [-0.3, -0.25) is 0 Å². The average Bonchev–Trinajstić information content (AvgIpc) is 3.01. The zero-order chi connectivity index (χ0) is 14.2. The van der Waals surface area contributed by atoms with Crippen molar-refractivity contribution in [2.45, 2.75) is 32.7 Å². The molecule has 0 spiro atoms. The summed E-state index contributed by atoms with van der Waals surface area (Å²) < 4.78 is 5.43. The van der Waals surface area contributed by atoms with Crippen LogP contribution in [0.1, 0.15) is 31.7 Å². The number of hydrogen-bond donors (Lipinski definition) is 2. The summed E-state index contributed by atoms with van der Waals surface area (Å²) in [5.41, 5.74) is 2.25. The molecule has 0 unspecified atom stereocenters. The van der Waals surface area contributed by atoms with Crippen molar-refractivity contribution in [3.8, 4) is 17.1 Å². The van der Waals surface area contributed by atoms with E-state index in [1.807, 2.05) is 18.3 Å². The SMILES string of the molecule is CCCCCNCc1cc(-c2ncc[nH]2)ccc1OC. The normalized spacial score (nSPS) is 10.7. The van der Waals surface area contributed by atoms with E-state index in [2.05, 4.69) is 28.3 Å². The molecule has 2 aromatic rings.